The molecule has 2 aromatic carbocycles. The summed E-state index contributed by atoms with van der Waals surface area (Å²) in [6, 6.07) is 16.3. The number of nitrogens with one attached hydrogen (secondary N) is 1. The topological polar surface area (TPSA) is 65.8 Å². The Hall–Kier alpha value is -3.54. The number of likely N-dealkylation sites (tertiary alicyclic amines) is 1. The number of nitrogens with zero attached hydrogens (tertiary/aromatic N) is 2. The van der Waals surface area contributed by atoms with Gasteiger partial charge in [-0.2, -0.15) is 0 Å². The van der Waals surface area contributed by atoms with E-state index in [2.05, 4.69) is 5.32 Å². The Morgan fingerprint density at radius 3 is 2.29 bits per heavy atom. The van der Waals surface area contributed by atoms with Gasteiger partial charge >= 0.3 is 0 Å². The van der Waals surface area contributed by atoms with Crippen molar-refractivity contribution in [1.29, 1.82) is 0 Å². The molecule has 2 unspecified atom stereocenters. The van der Waals surface area contributed by atoms with Crippen LogP contribution in [0, 0.1) is 13.8 Å². The van der Waals surface area contributed by atoms with Crippen LogP contribution < -0.4 is 10.2 Å². The van der Waals surface area contributed by atoms with Gasteiger partial charge in [0.05, 0.1) is 18.7 Å². The molecule has 0 aliphatic carbocycles. The fraction of sp³-hybridized carbons (Fsp3) is 0.280. The van der Waals surface area contributed by atoms with Crippen LogP contribution in [-0.2, 0) is 9.59 Å². The lowest BCUT2D eigenvalue weighted by Gasteiger charge is -2.44. The summed E-state index contributed by atoms with van der Waals surface area (Å²) in [5.74, 6) is 0.383. The quantitative estimate of drug-likeness (QED) is 0.595. The average molecular weight is 418 g/mol. The predicted molar refractivity (Wildman–Crippen MR) is 121 cm³/mol. The zero-order valence-electron chi connectivity index (χ0n) is 18.3. The number of rotatable bonds is 6. The number of anilines is 2. The van der Waals surface area contributed by atoms with Gasteiger partial charge in [-0.15, -0.1) is 0 Å². The molecule has 6 nitrogen and oxygen atoms in total. The molecule has 2 amide bonds. The summed E-state index contributed by atoms with van der Waals surface area (Å²) in [6.45, 7) is 3.92. The minimum atomic E-state index is -0.758. The van der Waals surface area contributed by atoms with Gasteiger partial charge in [0.15, 0.2) is 0 Å². The van der Waals surface area contributed by atoms with Gasteiger partial charge in [0, 0.05) is 25.5 Å². The van der Waals surface area contributed by atoms with Crippen molar-refractivity contribution >= 4 is 23.2 Å². The molecule has 6 heteroatoms. The van der Waals surface area contributed by atoms with Gasteiger partial charge in [-0.3, -0.25) is 9.59 Å². The van der Waals surface area contributed by atoms with Crippen molar-refractivity contribution < 1.29 is 14.0 Å². The molecule has 0 bridgehead atoms. The molecular weight excluding hydrogens is 390 g/mol. The molecule has 1 N–H and O–H groups in total. The number of furan rings is 1. The number of para-hydroxylation sites is 1. The standard InChI is InChI=1S/C25H27N3O3/c1-16-7-5-8-17(2)23(16)26-25(30)24(18-10-12-19(13-11-18)27(3)4)28-20(15-22(28)29)21-9-6-14-31-21/h5-14,20,24H,15H2,1-4H3,(H,26,30). The van der Waals surface area contributed by atoms with Crippen LogP contribution in [-0.4, -0.2) is 30.8 Å². The van der Waals surface area contributed by atoms with Crippen LogP contribution in [0.15, 0.2) is 65.3 Å². The van der Waals surface area contributed by atoms with E-state index in [-0.39, 0.29) is 17.9 Å². The van der Waals surface area contributed by atoms with Crippen LogP contribution in [0.5, 0.6) is 0 Å². The maximum atomic E-state index is 13.6. The Morgan fingerprint density at radius 2 is 1.74 bits per heavy atom. The molecule has 2 atom stereocenters. The predicted octanol–water partition coefficient (Wildman–Crippen LogP) is 4.62. The van der Waals surface area contributed by atoms with Crippen LogP contribution in [0.4, 0.5) is 11.4 Å². The van der Waals surface area contributed by atoms with E-state index in [4.69, 9.17) is 4.42 Å². The first kappa shape index (κ1) is 20.7. The second kappa shape index (κ2) is 8.30. The Bertz CT molecular complexity index is 1070. The van der Waals surface area contributed by atoms with E-state index >= 15 is 0 Å². The van der Waals surface area contributed by atoms with Gasteiger partial charge in [-0.25, -0.2) is 0 Å². The maximum Gasteiger partial charge on any atom is 0.251 e. The maximum absolute atomic E-state index is 13.6. The number of amides is 2. The Labute approximate surface area is 182 Å². The first-order chi connectivity index (χ1) is 14.9. The van der Waals surface area contributed by atoms with E-state index in [1.165, 1.54) is 0 Å². The van der Waals surface area contributed by atoms with Gasteiger partial charge < -0.3 is 19.5 Å². The number of hydrogen-bond acceptors (Lipinski definition) is 4. The molecule has 1 fully saturated rings. The molecule has 1 aliphatic rings. The smallest absolute Gasteiger partial charge is 0.251 e. The van der Waals surface area contributed by atoms with Crippen LogP contribution >= 0.6 is 0 Å². The minimum Gasteiger partial charge on any atom is -0.467 e. The SMILES string of the molecule is Cc1cccc(C)c1NC(=O)C(c1ccc(N(C)C)cc1)N1C(=O)CC1c1ccco1. The highest BCUT2D eigenvalue weighted by Crippen LogP contribution is 2.42. The number of aryl methyl sites for hydroxylation is 2. The lowest BCUT2D eigenvalue weighted by molar-refractivity contribution is -0.155. The van der Waals surface area contributed by atoms with E-state index in [1.54, 1.807) is 17.2 Å². The van der Waals surface area contributed by atoms with Crippen molar-refractivity contribution in [2.24, 2.45) is 0 Å². The third-order valence-corrected chi connectivity index (χ3v) is 5.84. The fourth-order valence-electron chi connectivity index (χ4n) is 4.07. The largest absolute Gasteiger partial charge is 0.467 e. The minimum absolute atomic E-state index is 0.0697. The van der Waals surface area contributed by atoms with Gasteiger partial charge in [0.2, 0.25) is 5.91 Å². The molecule has 1 aliphatic heterocycles. The molecule has 3 aromatic rings. The van der Waals surface area contributed by atoms with Crippen LogP contribution in [0.3, 0.4) is 0 Å². The van der Waals surface area contributed by atoms with Gasteiger partial charge in [0.1, 0.15) is 11.8 Å². The zero-order valence-corrected chi connectivity index (χ0v) is 18.3. The van der Waals surface area contributed by atoms with Crippen LogP contribution in [0.2, 0.25) is 0 Å². The molecule has 0 spiro atoms. The van der Waals surface area contributed by atoms with Crippen molar-refractivity contribution in [3.05, 3.63) is 83.3 Å². The molecule has 31 heavy (non-hydrogen) atoms. The molecule has 4 rings (SSSR count). The Morgan fingerprint density at radius 1 is 1.06 bits per heavy atom. The first-order valence-corrected chi connectivity index (χ1v) is 10.4. The molecule has 1 aromatic heterocycles. The lowest BCUT2D eigenvalue weighted by atomic mass is 9.92. The zero-order chi connectivity index (χ0) is 22.1. The summed E-state index contributed by atoms with van der Waals surface area (Å²) in [7, 11) is 3.93. The highest BCUT2D eigenvalue weighted by atomic mass is 16.3. The number of β-lactam (4-membered cyclic amide) rings is 1. The Balaban J connectivity index is 1.72. The van der Waals surface area contributed by atoms with Crippen molar-refractivity contribution in [2.45, 2.75) is 32.4 Å². The average Bonchev–Trinajstić information content (AvgIpc) is 3.27. The van der Waals surface area contributed by atoms with E-state index < -0.39 is 6.04 Å². The molecule has 160 valence electrons. The fourth-order valence-corrected chi connectivity index (χ4v) is 4.07. The summed E-state index contributed by atoms with van der Waals surface area (Å²) in [5.41, 5.74) is 4.53. The van der Waals surface area contributed by atoms with Crippen molar-refractivity contribution in [1.82, 2.24) is 4.90 Å². The van der Waals surface area contributed by atoms with Crippen LogP contribution in [0.1, 0.15) is 41.0 Å². The number of hydrogen-bond donors (Lipinski definition) is 1. The highest BCUT2D eigenvalue weighted by Gasteiger charge is 2.46. The summed E-state index contributed by atoms with van der Waals surface area (Å²) < 4.78 is 5.56. The number of benzene rings is 2. The summed E-state index contributed by atoms with van der Waals surface area (Å²) in [5, 5.41) is 3.08. The van der Waals surface area contributed by atoms with E-state index in [9.17, 15) is 9.59 Å². The van der Waals surface area contributed by atoms with Crippen molar-refractivity contribution in [3.63, 3.8) is 0 Å². The molecule has 2 heterocycles. The monoisotopic (exact) mass is 417 g/mol. The summed E-state index contributed by atoms with van der Waals surface area (Å²) in [6.07, 6.45) is 1.92. The second-order valence-electron chi connectivity index (χ2n) is 8.18. The van der Waals surface area contributed by atoms with E-state index in [1.807, 2.05) is 81.4 Å². The Kier molecular flexibility index (Phi) is 5.55. The summed E-state index contributed by atoms with van der Waals surface area (Å²) >= 11 is 0. The first-order valence-electron chi connectivity index (χ1n) is 10.4. The highest BCUT2D eigenvalue weighted by molar-refractivity contribution is 6.00. The molecule has 0 saturated carbocycles. The lowest BCUT2D eigenvalue weighted by Crippen LogP contribution is -2.51. The molecular formula is C25H27N3O3. The second-order valence-corrected chi connectivity index (χ2v) is 8.18. The van der Waals surface area contributed by atoms with Crippen molar-refractivity contribution in [2.75, 3.05) is 24.3 Å². The number of carbonyl (C=O) groups is 2. The van der Waals surface area contributed by atoms with Gasteiger partial charge in [-0.05, 0) is 54.8 Å². The van der Waals surface area contributed by atoms with E-state index in [0.29, 0.717) is 12.2 Å². The molecule has 1 saturated heterocycles. The normalized spacial score (nSPS) is 16.6. The third kappa shape index (κ3) is 3.93. The van der Waals surface area contributed by atoms with Gasteiger partial charge in [-0.1, -0.05) is 30.3 Å². The van der Waals surface area contributed by atoms with Crippen molar-refractivity contribution in [3.8, 4) is 0 Å². The van der Waals surface area contributed by atoms with Crippen LogP contribution in [0.25, 0.3) is 0 Å². The van der Waals surface area contributed by atoms with Gasteiger partial charge in [0.25, 0.3) is 5.91 Å². The van der Waals surface area contributed by atoms with E-state index in [0.717, 1.165) is 28.1 Å². The summed E-state index contributed by atoms with van der Waals surface area (Å²) in [4.78, 5) is 29.9. The number of carbonyl (C=O) groups excluding carboxylic acids is 2. The third-order valence-electron chi connectivity index (χ3n) is 5.84. The molecule has 0 radical (unpaired) electrons.